The first-order valence-electron chi connectivity index (χ1n) is 11.4. The summed E-state index contributed by atoms with van der Waals surface area (Å²) in [6, 6.07) is 19.4. The van der Waals surface area contributed by atoms with Gasteiger partial charge in [0.2, 0.25) is 5.88 Å². The number of ether oxygens (including phenoxy) is 2. The highest BCUT2D eigenvalue weighted by Crippen LogP contribution is 2.35. The first kappa shape index (κ1) is 25.0. The van der Waals surface area contributed by atoms with Crippen molar-refractivity contribution in [1.82, 2.24) is 20.3 Å². The van der Waals surface area contributed by atoms with E-state index in [2.05, 4.69) is 20.3 Å². The zero-order valence-corrected chi connectivity index (χ0v) is 20.1. The maximum atomic E-state index is 11.4. The quantitative estimate of drug-likeness (QED) is 0.206. The largest absolute Gasteiger partial charge is 0.471 e. The molecule has 0 saturated heterocycles. The summed E-state index contributed by atoms with van der Waals surface area (Å²) >= 11 is 0. The molecule has 0 bridgehead atoms. The van der Waals surface area contributed by atoms with Gasteiger partial charge in [0.15, 0.2) is 0 Å². The van der Waals surface area contributed by atoms with Gasteiger partial charge in [-0.2, -0.15) is 4.98 Å². The minimum absolute atomic E-state index is 0.215. The first-order chi connectivity index (χ1) is 17.0. The molecule has 0 saturated carbocycles. The molecule has 10 heteroatoms. The van der Waals surface area contributed by atoms with Crippen LogP contribution in [0.25, 0.3) is 11.0 Å². The van der Waals surface area contributed by atoms with Gasteiger partial charge in [0, 0.05) is 24.3 Å². The molecule has 184 valence electrons. The molecule has 0 radical (unpaired) electrons. The molecule has 2 aromatic carbocycles. The number of H-pyrrole nitrogens is 1. The molecule has 0 unspecified atom stereocenters. The Morgan fingerprint density at radius 3 is 2.34 bits per heavy atom. The number of aromatic amines is 1. The predicted octanol–water partition coefficient (Wildman–Crippen LogP) is 3.78. The van der Waals surface area contributed by atoms with Crippen LogP contribution in [0.5, 0.6) is 5.88 Å². The van der Waals surface area contributed by atoms with E-state index in [1.165, 1.54) is 6.33 Å². The Bertz CT molecular complexity index is 1250. The lowest BCUT2D eigenvalue weighted by molar-refractivity contribution is 0.0968. The van der Waals surface area contributed by atoms with Crippen molar-refractivity contribution in [2.45, 2.75) is 32.2 Å². The SMILES string of the molecule is O=P(O)(O)CC[C@@H](COCc1ccccc1)NCc1c[nH]c2c(OCc3ccccc3)ncnc12. The minimum atomic E-state index is -4.11. The summed E-state index contributed by atoms with van der Waals surface area (Å²) in [5, 5.41) is 3.36. The van der Waals surface area contributed by atoms with E-state index in [1.54, 1.807) is 0 Å². The molecular weight excluding hydrogens is 467 g/mol. The number of hydrogen-bond acceptors (Lipinski definition) is 6. The number of aromatic nitrogens is 3. The van der Waals surface area contributed by atoms with Gasteiger partial charge in [0.1, 0.15) is 18.5 Å². The molecular formula is C25H29N4O5P. The molecule has 4 aromatic rings. The van der Waals surface area contributed by atoms with E-state index >= 15 is 0 Å². The summed E-state index contributed by atoms with van der Waals surface area (Å²) in [6.07, 6.45) is 3.37. The Morgan fingerprint density at radius 2 is 1.66 bits per heavy atom. The van der Waals surface area contributed by atoms with Crippen molar-refractivity contribution >= 4 is 18.6 Å². The lowest BCUT2D eigenvalue weighted by Crippen LogP contribution is -2.34. The van der Waals surface area contributed by atoms with Gasteiger partial charge in [0.05, 0.1) is 24.9 Å². The average molecular weight is 497 g/mol. The van der Waals surface area contributed by atoms with Gasteiger partial charge in [-0.15, -0.1) is 0 Å². The van der Waals surface area contributed by atoms with Crippen molar-refractivity contribution in [3.05, 3.63) is 89.9 Å². The number of fused-ring (bicyclic) bond motifs is 1. The molecule has 0 fully saturated rings. The van der Waals surface area contributed by atoms with Crippen LogP contribution >= 0.6 is 7.60 Å². The molecule has 0 aliphatic carbocycles. The number of benzene rings is 2. The zero-order valence-electron chi connectivity index (χ0n) is 19.2. The molecule has 2 heterocycles. The van der Waals surface area contributed by atoms with Gasteiger partial charge < -0.3 is 29.6 Å². The van der Waals surface area contributed by atoms with Crippen molar-refractivity contribution in [2.75, 3.05) is 12.8 Å². The highest BCUT2D eigenvalue weighted by molar-refractivity contribution is 7.51. The summed E-state index contributed by atoms with van der Waals surface area (Å²) in [7, 11) is -4.11. The smallest absolute Gasteiger partial charge is 0.325 e. The maximum Gasteiger partial charge on any atom is 0.325 e. The van der Waals surface area contributed by atoms with Gasteiger partial charge in [-0.3, -0.25) is 4.57 Å². The van der Waals surface area contributed by atoms with Gasteiger partial charge in [-0.25, -0.2) is 4.98 Å². The van der Waals surface area contributed by atoms with Crippen LogP contribution in [0.1, 0.15) is 23.1 Å². The van der Waals surface area contributed by atoms with Crippen molar-refractivity contribution < 1.29 is 23.8 Å². The summed E-state index contributed by atoms with van der Waals surface area (Å²) in [6.45, 7) is 1.58. The number of nitrogens with one attached hydrogen (secondary N) is 2. The highest BCUT2D eigenvalue weighted by Gasteiger charge is 2.19. The monoisotopic (exact) mass is 496 g/mol. The van der Waals surface area contributed by atoms with Crippen LogP contribution in [0, 0.1) is 0 Å². The van der Waals surface area contributed by atoms with Crippen LogP contribution in [0.3, 0.4) is 0 Å². The van der Waals surface area contributed by atoms with Crippen LogP contribution in [0.2, 0.25) is 0 Å². The van der Waals surface area contributed by atoms with Gasteiger partial charge in [-0.05, 0) is 17.5 Å². The van der Waals surface area contributed by atoms with E-state index in [9.17, 15) is 14.4 Å². The van der Waals surface area contributed by atoms with Crippen molar-refractivity contribution in [1.29, 1.82) is 0 Å². The minimum Gasteiger partial charge on any atom is -0.471 e. The predicted molar refractivity (Wildman–Crippen MR) is 133 cm³/mol. The summed E-state index contributed by atoms with van der Waals surface area (Å²) < 4.78 is 23.2. The molecule has 2 aromatic heterocycles. The standard InChI is InChI=1S/C25H29N4O5P/c30-35(31,32)12-11-22(17-33-15-19-7-3-1-4-8-19)26-13-21-14-27-24-23(21)28-18-29-25(24)34-16-20-9-5-2-6-10-20/h1-10,14,18,22,26-27H,11-13,15-17H2,(H2,30,31,32)/t22-/m0/s1. The third-order valence-electron chi connectivity index (χ3n) is 5.51. The van der Waals surface area contributed by atoms with E-state index in [0.29, 0.717) is 37.8 Å². The normalized spacial score (nSPS) is 12.6. The molecule has 35 heavy (non-hydrogen) atoms. The molecule has 1 atom stereocenters. The van der Waals surface area contributed by atoms with E-state index in [4.69, 9.17) is 9.47 Å². The average Bonchev–Trinajstić information content (AvgIpc) is 3.28. The molecule has 0 spiro atoms. The Morgan fingerprint density at radius 1 is 0.971 bits per heavy atom. The Hall–Kier alpha value is -3.07. The zero-order chi connectivity index (χ0) is 24.5. The molecule has 4 N–H and O–H groups in total. The fourth-order valence-corrected chi connectivity index (χ4v) is 4.30. The molecule has 0 amide bonds. The van der Waals surface area contributed by atoms with Crippen LogP contribution in [-0.2, 0) is 29.1 Å². The van der Waals surface area contributed by atoms with E-state index in [1.807, 2.05) is 66.9 Å². The molecule has 0 aliphatic rings. The summed E-state index contributed by atoms with van der Waals surface area (Å²) in [5.74, 6) is 0.467. The van der Waals surface area contributed by atoms with E-state index in [0.717, 1.165) is 22.2 Å². The van der Waals surface area contributed by atoms with Gasteiger partial charge in [-0.1, -0.05) is 60.7 Å². The third-order valence-corrected chi connectivity index (χ3v) is 6.35. The first-order valence-corrected chi connectivity index (χ1v) is 13.1. The number of rotatable bonds is 13. The summed E-state index contributed by atoms with van der Waals surface area (Å²) in [5.41, 5.74) is 4.41. The number of nitrogens with zero attached hydrogens (tertiary/aromatic N) is 2. The van der Waals surface area contributed by atoms with Crippen LogP contribution in [0.15, 0.2) is 73.2 Å². The highest BCUT2D eigenvalue weighted by atomic mass is 31.2. The number of hydrogen-bond donors (Lipinski definition) is 4. The lowest BCUT2D eigenvalue weighted by Gasteiger charge is -2.19. The Kier molecular flexibility index (Phi) is 8.63. The van der Waals surface area contributed by atoms with Crippen molar-refractivity contribution in [2.24, 2.45) is 0 Å². The Balaban J connectivity index is 1.38. The van der Waals surface area contributed by atoms with Gasteiger partial charge >= 0.3 is 7.60 Å². The van der Waals surface area contributed by atoms with Crippen molar-refractivity contribution in [3.63, 3.8) is 0 Å². The summed E-state index contributed by atoms with van der Waals surface area (Å²) in [4.78, 5) is 30.5. The van der Waals surface area contributed by atoms with Crippen LogP contribution in [-0.4, -0.2) is 43.5 Å². The molecule has 0 aliphatic heterocycles. The topological polar surface area (TPSA) is 130 Å². The fraction of sp³-hybridized carbons (Fsp3) is 0.280. The van der Waals surface area contributed by atoms with Crippen LogP contribution < -0.4 is 10.1 Å². The second-order valence-electron chi connectivity index (χ2n) is 8.25. The second-order valence-corrected chi connectivity index (χ2v) is 10.0. The van der Waals surface area contributed by atoms with Gasteiger partial charge in [0.25, 0.3) is 0 Å². The van der Waals surface area contributed by atoms with E-state index < -0.39 is 7.60 Å². The molecule has 4 rings (SSSR count). The Labute approximate surface area is 203 Å². The second kappa shape index (κ2) is 12.1. The van der Waals surface area contributed by atoms with E-state index in [-0.39, 0.29) is 18.6 Å². The van der Waals surface area contributed by atoms with Crippen molar-refractivity contribution in [3.8, 4) is 5.88 Å². The molecule has 9 nitrogen and oxygen atoms in total. The fourth-order valence-electron chi connectivity index (χ4n) is 3.66. The maximum absolute atomic E-state index is 11.4. The third kappa shape index (κ3) is 7.71. The van der Waals surface area contributed by atoms with Crippen LogP contribution in [0.4, 0.5) is 0 Å². The lowest BCUT2D eigenvalue weighted by atomic mass is 10.2.